The molecule has 0 aromatic heterocycles. The standard InChI is InChI=1S/C25H33N3O3/c1-19(26-24(29)18-31-22-14-7-4-8-15-22)25(30)27-23-16-10-9-11-20(23)17-28(2)21-12-5-3-6-13-21/h4,7-11,14-16,19,21H,3,5-6,12-13,17-18H2,1-2H3,(H,26,29)(H,27,30). The molecule has 1 fully saturated rings. The number of ether oxygens (including phenoxy) is 1. The van der Waals surface area contributed by atoms with Gasteiger partial charge in [-0.05, 0) is 50.6 Å². The van der Waals surface area contributed by atoms with E-state index in [1.807, 2.05) is 42.5 Å². The van der Waals surface area contributed by atoms with Crippen molar-refractivity contribution in [2.75, 3.05) is 19.0 Å². The van der Waals surface area contributed by atoms with Gasteiger partial charge in [0.05, 0.1) is 0 Å². The lowest BCUT2D eigenvalue weighted by Gasteiger charge is -2.31. The van der Waals surface area contributed by atoms with Crippen LogP contribution >= 0.6 is 0 Å². The van der Waals surface area contributed by atoms with Crippen molar-refractivity contribution in [1.82, 2.24) is 10.2 Å². The summed E-state index contributed by atoms with van der Waals surface area (Å²) in [4.78, 5) is 27.2. The number of hydrogen-bond acceptors (Lipinski definition) is 4. The van der Waals surface area contributed by atoms with Crippen molar-refractivity contribution >= 4 is 17.5 Å². The van der Waals surface area contributed by atoms with Crippen molar-refractivity contribution in [3.8, 4) is 5.75 Å². The molecule has 0 spiro atoms. The zero-order valence-electron chi connectivity index (χ0n) is 18.5. The molecule has 0 radical (unpaired) electrons. The highest BCUT2D eigenvalue weighted by molar-refractivity contribution is 5.97. The molecule has 6 nitrogen and oxygen atoms in total. The Kier molecular flexibility index (Phi) is 8.47. The molecule has 2 aromatic carbocycles. The van der Waals surface area contributed by atoms with E-state index in [4.69, 9.17) is 4.74 Å². The van der Waals surface area contributed by atoms with Crippen molar-refractivity contribution in [2.24, 2.45) is 0 Å². The second-order valence-electron chi connectivity index (χ2n) is 8.24. The summed E-state index contributed by atoms with van der Waals surface area (Å²) < 4.78 is 5.44. The molecule has 1 atom stereocenters. The van der Waals surface area contributed by atoms with Crippen LogP contribution in [0.4, 0.5) is 5.69 Å². The predicted molar refractivity (Wildman–Crippen MR) is 123 cm³/mol. The smallest absolute Gasteiger partial charge is 0.258 e. The Hall–Kier alpha value is -2.86. The SMILES string of the molecule is CC(NC(=O)COc1ccccc1)C(=O)Nc1ccccc1CN(C)C1CCCCC1. The zero-order valence-corrected chi connectivity index (χ0v) is 18.5. The van der Waals surface area contributed by atoms with Crippen molar-refractivity contribution < 1.29 is 14.3 Å². The van der Waals surface area contributed by atoms with Gasteiger partial charge in [-0.2, -0.15) is 0 Å². The molecule has 3 rings (SSSR count). The monoisotopic (exact) mass is 423 g/mol. The van der Waals surface area contributed by atoms with Gasteiger partial charge in [-0.1, -0.05) is 55.7 Å². The van der Waals surface area contributed by atoms with Crippen LogP contribution < -0.4 is 15.4 Å². The van der Waals surface area contributed by atoms with Crippen molar-refractivity contribution in [1.29, 1.82) is 0 Å². The lowest BCUT2D eigenvalue weighted by molar-refractivity contribution is -0.127. The number of benzene rings is 2. The zero-order chi connectivity index (χ0) is 22.1. The molecule has 6 heteroatoms. The lowest BCUT2D eigenvalue weighted by atomic mass is 9.94. The van der Waals surface area contributed by atoms with E-state index >= 15 is 0 Å². The van der Waals surface area contributed by atoms with E-state index in [9.17, 15) is 9.59 Å². The number of carbonyl (C=O) groups is 2. The number of amides is 2. The molecular weight excluding hydrogens is 390 g/mol. The van der Waals surface area contributed by atoms with Crippen molar-refractivity contribution in [3.05, 3.63) is 60.2 Å². The minimum atomic E-state index is -0.670. The second kappa shape index (κ2) is 11.5. The van der Waals surface area contributed by atoms with Crippen LogP contribution in [0, 0.1) is 0 Å². The summed E-state index contributed by atoms with van der Waals surface area (Å²) in [5.41, 5.74) is 1.87. The topological polar surface area (TPSA) is 70.7 Å². The van der Waals surface area contributed by atoms with Gasteiger partial charge in [0, 0.05) is 18.3 Å². The second-order valence-corrected chi connectivity index (χ2v) is 8.24. The summed E-state index contributed by atoms with van der Waals surface area (Å²) in [5.74, 6) is 0.0309. The minimum absolute atomic E-state index is 0.135. The Labute approximate surface area is 185 Å². The van der Waals surface area contributed by atoms with Gasteiger partial charge in [-0.15, -0.1) is 0 Å². The fourth-order valence-electron chi connectivity index (χ4n) is 3.96. The highest BCUT2D eigenvalue weighted by Crippen LogP contribution is 2.25. The molecule has 0 saturated heterocycles. The van der Waals surface area contributed by atoms with Crippen LogP contribution in [0.15, 0.2) is 54.6 Å². The first kappa shape index (κ1) is 22.8. The number of para-hydroxylation sites is 2. The number of hydrogen-bond donors (Lipinski definition) is 2. The molecule has 2 aromatic rings. The summed E-state index contributed by atoms with van der Waals surface area (Å²) >= 11 is 0. The molecule has 1 aliphatic rings. The fourth-order valence-corrected chi connectivity index (χ4v) is 3.96. The highest BCUT2D eigenvalue weighted by atomic mass is 16.5. The van der Waals surface area contributed by atoms with E-state index in [0.29, 0.717) is 11.8 Å². The number of rotatable bonds is 9. The van der Waals surface area contributed by atoms with E-state index in [-0.39, 0.29) is 18.4 Å². The molecular formula is C25H33N3O3. The molecule has 1 aliphatic carbocycles. The maximum absolute atomic E-state index is 12.7. The van der Waals surface area contributed by atoms with Crippen LogP contribution in [0.5, 0.6) is 5.75 Å². The third-order valence-corrected chi connectivity index (χ3v) is 5.78. The van der Waals surface area contributed by atoms with Gasteiger partial charge < -0.3 is 15.4 Å². The van der Waals surface area contributed by atoms with Crippen molar-refractivity contribution in [2.45, 2.75) is 57.7 Å². The molecule has 2 N–H and O–H groups in total. The predicted octanol–water partition coefficient (Wildman–Crippen LogP) is 3.97. The number of nitrogens with zero attached hydrogens (tertiary/aromatic N) is 1. The summed E-state index contributed by atoms with van der Waals surface area (Å²) in [6.07, 6.45) is 6.38. The lowest BCUT2D eigenvalue weighted by Crippen LogP contribution is -2.43. The van der Waals surface area contributed by atoms with E-state index in [1.165, 1.54) is 32.1 Å². The van der Waals surface area contributed by atoms with Gasteiger partial charge in [0.1, 0.15) is 11.8 Å². The first-order valence-corrected chi connectivity index (χ1v) is 11.1. The average Bonchev–Trinajstić information content (AvgIpc) is 2.80. The minimum Gasteiger partial charge on any atom is -0.484 e. The Bertz CT molecular complexity index is 850. The van der Waals surface area contributed by atoms with Crippen LogP contribution in [0.1, 0.15) is 44.6 Å². The van der Waals surface area contributed by atoms with Crippen LogP contribution in [0.3, 0.4) is 0 Å². The fraction of sp³-hybridized carbons (Fsp3) is 0.440. The van der Waals surface area contributed by atoms with Gasteiger partial charge in [0.15, 0.2) is 6.61 Å². The number of anilines is 1. The van der Waals surface area contributed by atoms with Gasteiger partial charge in [-0.3, -0.25) is 14.5 Å². The van der Waals surface area contributed by atoms with E-state index < -0.39 is 6.04 Å². The Balaban J connectivity index is 1.51. The van der Waals surface area contributed by atoms with E-state index in [2.05, 4.69) is 22.6 Å². The molecule has 2 amide bonds. The maximum Gasteiger partial charge on any atom is 0.258 e. The quantitative estimate of drug-likeness (QED) is 0.640. The summed E-state index contributed by atoms with van der Waals surface area (Å²) in [5, 5.41) is 5.67. The molecule has 166 valence electrons. The Morgan fingerprint density at radius 1 is 1.03 bits per heavy atom. The first-order chi connectivity index (χ1) is 15.0. The third-order valence-electron chi connectivity index (χ3n) is 5.78. The van der Waals surface area contributed by atoms with Gasteiger partial charge in [0.2, 0.25) is 5.91 Å². The largest absolute Gasteiger partial charge is 0.484 e. The van der Waals surface area contributed by atoms with Crippen LogP contribution in [-0.4, -0.2) is 42.5 Å². The van der Waals surface area contributed by atoms with Crippen LogP contribution in [0.25, 0.3) is 0 Å². The Morgan fingerprint density at radius 2 is 1.71 bits per heavy atom. The summed E-state index contributed by atoms with van der Waals surface area (Å²) in [6, 6.07) is 16.9. The van der Waals surface area contributed by atoms with Crippen LogP contribution in [0.2, 0.25) is 0 Å². The maximum atomic E-state index is 12.7. The molecule has 1 saturated carbocycles. The average molecular weight is 424 g/mol. The number of carbonyl (C=O) groups excluding carboxylic acids is 2. The third kappa shape index (κ3) is 7.10. The van der Waals surface area contributed by atoms with Gasteiger partial charge in [-0.25, -0.2) is 0 Å². The van der Waals surface area contributed by atoms with Gasteiger partial charge in [0.25, 0.3) is 5.91 Å². The Morgan fingerprint density at radius 3 is 2.45 bits per heavy atom. The summed E-state index contributed by atoms with van der Waals surface area (Å²) in [6.45, 7) is 2.32. The first-order valence-electron chi connectivity index (χ1n) is 11.1. The van der Waals surface area contributed by atoms with Crippen molar-refractivity contribution in [3.63, 3.8) is 0 Å². The van der Waals surface area contributed by atoms with Crippen LogP contribution in [-0.2, 0) is 16.1 Å². The van der Waals surface area contributed by atoms with E-state index in [1.54, 1.807) is 19.1 Å². The molecule has 0 heterocycles. The van der Waals surface area contributed by atoms with E-state index in [0.717, 1.165) is 17.8 Å². The molecule has 0 bridgehead atoms. The highest BCUT2D eigenvalue weighted by Gasteiger charge is 2.20. The molecule has 31 heavy (non-hydrogen) atoms. The summed E-state index contributed by atoms with van der Waals surface area (Å²) in [7, 11) is 2.16. The van der Waals surface area contributed by atoms with Gasteiger partial charge >= 0.3 is 0 Å². The molecule has 1 unspecified atom stereocenters. The normalized spacial score (nSPS) is 15.3. The number of nitrogens with one attached hydrogen (secondary N) is 2. The molecule has 0 aliphatic heterocycles.